The molecule has 1 aromatic carbocycles. The molecule has 0 spiro atoms. The molecular formula is C18H26N6O4S. The average Bonchev–Trinajstić information content (AvgIpc) is 3.06. The third-order valence-electron chi connectivity index (χ3n) is 4.27. The van der Waals surface area contributed by atoms with E-state index in [1.165, 1.54) is 0 Å². The SMILES string of the molecule is COCCOc1ccc2c(c1)nc(NCCCCNS(C)(=O)=O)c1nnc(C)n12. The molecule has 0 radical (unpaired) electrons. The van der Waals surface area contributed by atoms with Crippen molar-refractivity contribution in [3.8, 4) is 5.75 Å². The van der Waals surface area contributed by atoms with Gasteiger partial charge in [0.05, 0.1) is 23.9 Å². The lowest BCUT2D eigenvalue weighted by Crippen LogP contribution is -2.23. The highest BCUT2D eigenvalue weighted by molar-refractivity contribution is 7.88. The predicted molar refractivity (Wildman–Crippen MR) is 111 cm³/mol. The summed E-state index contributed by atoms with van der Waals surface area (Å²) in [6.07, 6.45) is 2.65. The first-order chi connectivity index (χ1) is 13.9. The van der Waals surface area contributed by atoms with Crippen LogP contribution in [-0.2, 0) is 14.8 Å². The minimum Gasteiger partial charge on any atom is -0.491 e. The zero-order valence-corrected chi connectivity index (χ0v) is 17.6. The first-order valence-electron chi connectivity index (χ1n) is 9.35. The third kappa shape index (κ3) is 5.52. The summed E-state index contributed by atoms with van der Waals surface area (Å²) in [6.45, 7) is 3.91. The average molecular weight is 423 g/mol. The predicted octanol–water partition coefficient (Wildman–Crippen LogP) is 1.35. The van der Waals surface area contributed by atoms with Gasteiger partial charge in [-0.05, 0) is 31.9 Å². The van der Waals surface area contributed by atoms with Gasteiger partial charge in [-0.25, -0.2) is 18.1 Å². The maximum atomic E-state index is 11.1. The van der Waals surface area contributed by atoms with E-state index in [1.807, 2.05) is 29.5 Å². The topological polar surface area (TPSA) is 120 Å². The number of sulfonamides is 1. The van der Waals surface area contributed by atoms with Crippen molar-refractivity contribution >= 4 is 32.5 Å². The summed E-state index contributed by atoms with van der Waals surface area (Å²) in [5.41, 5.74) is 2.30. The lowest BCUT2D eigenvalue weighted by Gasteiger charge is -2.11. The van der Waals surface area contributed by atoms with Crippen LogP contribution < -0.4 is 14.8 Å². The van der Waals surface area contributed by atoms with Crippen LogP contribution in [0.3, 0.4) is 0 Å². The second-order valence-electron chi connectivity index (χ2n) is 6.66. The molecule has 0 bridgehead atoms. The maximum absolute atomic E-state index is 11.1. The molecule has 0 fully saturated rings. The van der Waals surface area contributed by atoms with Gasteiger partial charge in [0, 0.05) is 26.3 Å². The van der Waals surface area contributed by atoms with Crippen LogP contribution in [0.1, 0.15) is 18.7 Å². The molecule has 158 valence electrons. The van der Waals surface area contributed by atoms with E-state index >= 15 is 0 Å². The molecule has 2 heterocycles. The Morgan fingerprint density at radius 1 is 1.14 bits per heavy atom. The molecule has 0 atom stereocenters. The Morgan fingerprint density at radius 2 is 1.93 bits per heavy atom. The van der Waals surface area contributed by atoms with Crippen molar-refractivity contribution < 1.29 is 17.9 Å². The Kier molecular flexibility index (Phi) is 6.83. The molecule has 0 unspecified atom stereocenters. The van der Waals surface area contributed by atoms with Crippen molar-refractivity contribution in [3.05, 3.63) is 24.0 Å². The van der Waals surface area contributed by atoms with E-state index in [9.17, 15) is 8.42 Å². The van der Waals surface area contributed by atoms with Crippen LogP contribution in [0.2, 0.25) is 0 Å². The Morgan fingerprint density at radius 3 is 2.69 bits per heavy atom. The molecule has 2 N–H and O–H groups in total. The highest BCUT2D eigenvalue weighted by Gasteiger charge is 2.13. The van der Waals surface area contributed by atoms with Gasteiger partial charge in [0.25, 0.3) is 0 Å². The first kappa shape index (κ1) is 21.2. The van der Waals surface area contributed by atoms with Gasteiger partial charge < -0.3 is 14.8 Å². The normalized spacial score (nSPS) is 12.0. The number of hydrogen-bond donors (Lipinski definition) is 2. The van der Waals surface area contributed by atoms with E-state index in [4.69, 9.17) is 14.5 Å². The van der Waals surface area contributed by atoms with Crippen molar-refractivity contribution in [2.75, 3.05) is 45.0 Å². The fourth-order valence-corrected chi connectivity index (χ4v) is 3.44. The van der Waals surface area contributed by atoms with E-state index < -0.39 is 10.0 Å². The number of benzene rings is 1. The van der Waals surface area contributed by atoms with Gasteiger partial charge >= 0.3 is 0 Å². The number of hydrogen-bond acceptors (Lipinski definition) is 8. The van der Waals surface area contributed by atoms with Crippen molar-refractivity contribution in [2.24, 2.45) is 0 Å². The van der Waals surface area contributed by atoms with E-state index in [2.05, 4.69) is 20.2 Å². The van der Waals surface area contributed by atoms with Crippen LogP contribution in [0.4, 0.5) is 5.82 Å². The molecule has 0 aliphatic heterocycles. The van der Waals surface area contributed by atoms with Gasteiger partial charge in [0.15, 0.2) is 5.82 Å². The van der Waals surface area contributed by atoms with Crippen LogP contribution in [0.5, 0.6) is 5.75 Å². The second kappa shape index (κ2) is 9.33. The highest BCUT2D eigenvalue weighted by Crippen LogP contribution is 2.25. The van der Waals surface area contributed by atoms with Crippen molar-refractivity contribution in [3.63, 3.8) is 0 Å². The molecule has 0 amide bonds. The summed E-state index contributed by atoms with van der Waals surface area (Å²) in [5, 5.41) is 11.7. The Bertz CT molecular complexity index is 1080. The van der Waals surface area contributed by atoms with Crippen LogP contribution >= 0.6 is 0 Å². The number of ether oxygens (including phenoxy) is 2. The Balaban J connectivity index is 1.76. The van der Waals surface area contributed by atoms with Gasteiger partial charge in [-0.3, -0.25) is 4.40 Å². The number of methoxy groups -OCH3 is 1. The summed E-state index contributed by atoms with van der Waals surface area (Å²) >= 11 is 0. The number of aryl methyl sites for hydroxylation is 1. The zero-order chi connectivity index (χ0) is 20.9. The van der Waals surface area contributed by atoms with E-state index in [0.29, 0.717) is 49.9 Å². The standard InChI is InChI=1S/C18H26N6O4S/c1-13-22-23-18-17(19-8-4-5-9-20-29(3,25)26)21-15-12-14(28-11-10-27-2)6-7-16(15)24(13)18/h6-7,12,20H,4-5,8-11H2,1-3H3,(H,19,21). The number of nitrogens with zero attached hydrogens (tertiary/aromatic N) is 4. The summed E-state index contributed by atoms with van der Waals surface area (Å²) in [4.78, 5) is 4.71. The zero-order valence-electron chi connectivity index (χ0n) is 16.8. The lowest BCUT2D eigenvalue weighted by atomic mass is 10.2. The number of fused-ring (bicyclic) bond motifs is 3. The molecule has 0 saturated heterocycles. The summed E-state index contributed by atoms with van der Waals surface area (Å²) < 4.78 is 37.3. The van der Waals surface area contributed by atoms with Crippen LogP contribution in [-0.4, -0.2) is 67.7 Å². The molecule has 3 aromatic rings. The first-order valence-corrected chi connectivity index (χ1v) is 11.2. The van der Waals surface area contributed by atoms with E-state index in [1.54, 1.807) is 7.11 Å². The highest BCUT2D eigenvalue weighted by atomic mass is 32.2. The number of aromatic nitrogens is 4. The monoisotopic (exact) mass is 422 g/mol. The number of unbranched alkanes of at least 4 members (excludes halogenated alkanes) is 1. The molecular weight excluding hydrogens is 396 g/mol. The van der Waals surface area contributed by atoms with Crippen LogP contribution in [0, 0.1) is 6.92 Å². The quantitative estimate of drug-likeness (QED) is 0.445. The summed E-state index contributed by atoms with van der Waals surface area (Å²) in [5.74, 6) is 2.11. The van der Waals surface area contributed by atoms with Crippen LogP contribution in [0.25, 0.3) is 16.7 Å². The van der Waals surface area contributed by atoms with Crippen LogP contribution in [0.15, 0.2) is 18.2 Å². The fraction of sp³-hybridized carbons (Fsp3) is 0.500. The Hall–Kier alpha value is -2.50. The summed E-state index contributed by atoms with van der Waals surface area (Å²) in [6, 6.07) is 5.71. The van der Waals surface area contributed by atoms with Crippen molar-refractivity contribution in [2.45, 2.75) is 19.8 Å². The van der Waals surface area contributed by atoms with Gasteiger partial charge in [-0.2, -0.15) is 0 Å². The Labute approximate surface area is 169 Å². The molecule has 0 aliphatic carbocycles. The van der Waals surface area contributed by atoms with E-state index in [-0.39, 0.29) is 0 Å². The van der Waals surface area contributed by atoms with Crippen molar-refractivity contribution in [1.82, 2.24) is 24.3 Å². The third-order valence-corrected chi connectivity index (χ3v) is 5.00. The fourth-order valence-electron chi connectivity index (χ4n) is 2.92. The van der Waals surface area contributed by atoms with Gasteiger partial charge in [0.2, 0.25) is 15.7 Å². The molecule has 0 saturated carbocycles. The van der Waals surface area contributed by atoms with Gasteiger partial charge in [-0.15, -0.1) is 10.2 Å². The second-order valence-corrected chi connectivity index (χ2v) is 8.49. The van der Waals surface area contributed by atoms with Crippen molar-refractivity contribution in [1.29, 1.82) is 0 Å². The minimum absolute atomic E-state index is 0.410. The molecule has 11 heteroatoms. The smallest absolute Gasteiger partial charge is 0.208 e. The summed E-state index contributed by atoms with van der Waals surface area (Å²) in [7, 11) is -1.52. The van der Waals surface area contributed by atoms with E-state index in [0.717, 1.165) is 29.5 Å². The largest absolute Gasteiger partial charge is 0.491 e. The van der Waals surface area contributed by atoms with Gasteiger partial charge in [-0.1, -0.05) is 0 Å². The number of anilines is 1. The number of nitrogens with one attached hydrogen (secondary N) is 2. The molecule has 29 heavy (non-hydrogen) atoms. The lowest BCUT2D eigenvalue weighted by molar-refractivity contribution is 0.146. The minimum atomic E-state index is -3.15. The molecule has 2 aromatic heterocycles. The van der Waals surface area contributed by atoms with Gasteiger partial charge in [0.1, 0.15) is 18.2 Å². The molecule has 10 nitrogen and oxygen atoms in total. The molecule has 3 rings (SSSR count). The number of rotatable bonds is 11. The maximum Gasteiger partial charge on any atom is 0.208 e. The molecule has 0 aliphatic rings.